The average molecular weight is 218 g/mol. The molecular formula is C9H9ClFNO2. The minimum atomic E-state index is -0.790. The number of benzene rings is 1. The Bertz CT molecular complexity index is 344. The van der Waals surface area contributed by atoms with Crippen molar-refractivity contribution >= 4 is 17.3 Å². The van der Waals surface area contributed by atoms with E-state index in [1.165, 1.54) is 12.1 Å². The Morgan fingerprint density at radius 2 is 2.21 bits per heavy atom. The molecule has 0 unspecified atom stereocenters. The minimum absolute atomic E-state index is 0.486. The third-order valence-electron chi connectivity index (χ3n) is 1.81. The van der Waals surface area contributed by atoms with E-state index in [0.29, 0.717) is 12.3 Å². The molecule has 0 aromatic heterocycles. The van der Waals surface area contributed by atoms with Crippen LogP contribution in [0, 0.1) is 15.9 Å². The molecule has 0 aliphatic carbocycles. The molecule has 76 valence electrons. The first-order valence-corrected chi connectivity index (χ1v) is 4.67. The van der Waals surface area contributed by atoms with Crippen molar-refractivity contribution < 1.29 is 9.31 Å². The van der Waals surface area contributed by atoms with E-state index in [1.807, 2.05) is 0 Å². The Morgan fingerprint density at radius 1 is 1.50 bits per heavy atom. The maximum Gasteiger partial charge on any atom is 0.304 e. The molecule has 0 saturated carbocycles. The van der Waals surface area contributed by atoms with Gasteiger partial charge >= 0.3 is 5.69 Å². The zero-order valence-electron chi connectivity index (χ0n) is 7.37. The van der Waals surface area contributed by atoms with Crippen LogP contribution in [0.3, 0.4) is 0 Å². The summed E-state index contributed by atoms with van der Waals surface area (Å²) in [6, 6.07) is 3.91. The van der Waals surface area contributed by atoms with Gasteiger partial charge in [-0.3, -0.25) is 10.1 Å². The molecule has 1 aromatic carbocycles. The number of alkyl halides is 1. The highest BCUT2D eigenvalue weighted by atomic mass is 35.5. The summed E-state index contributed by atoms with van der Waals surface area (Å²) in [5.74, 6) is -0.291. The second kappa shape index (κ2) is 4.91. The zero-order chi connectivity index (χ0) is 10.6. The molecule has 0 aliphatic heterocycles. The molecule has 0 atom stereocenters. The Labute approximate surface area is 85.6 Å². The van der Waals surface area contributed by atoms with Gasteiger partial charge in [0, 0.05) is 11.9 Å². The van der Waals surface area contributed by atoms with Crippen LogP contribution in [0.15, 0.2) is 18.2 Å². The lowest BCUT2D eigenvalue weighted by atomic mass is 10.1. The molecule has 0 spiro atoms. The number of nitro groups is 1. The topological polar surface area (TPSA) is 43.1 Å². The first kappa shape index (κ1) is 10.9. The van der Waals surface area contributed by atoms with Crippen molar-refractivity contribution in [3.63, 3.8) is 0 Å². The van der Waals surface area contributed by atoms with Crippen molar-refractivity contribution in [2.75, 3.05) is 5.88 Å². The van der Waals surface area contributed by atoms with Crippen LogP contribution in [0.25, 0.3) is 0 Å². The summed E-state index contributed by atoms with van der Waals surface area (Å²) >= 11 is 5.47. The van der Waals surface area contributed by atoms with E-state index in [-0.39, 0.29) is 0 Å². The van der Waals surface area contributed by atoms with Crippen LogP contribution < -0.4 is 0 Å². The predicted molar refractivity (Wildman–Crippen MR) is 52.1 cm³/mol. The fourth-order valence-corrected chi connectivity index (χ4v) is 1.26. The van der Waals surface area contributed by atoms with E-state index in [2.05, 4.69) is 0 Å². The number of hydrogen-bond acceptors (Lipinski definition) is 2. The highest BCUT2D eigenvalue weighted by Gasteiger charge is 2.13. The third kappa shape index (κ3) is 2.67. The predicted octanol–water partition coefficient (Wildman–Crippen LogP) is 2.91. The van der Waals surface area contributed by atoms with E-state index >= 15 is 0 Å². The van der Waals surface area contributed by atoms with Gasteiger partial charge in [-0.15, -0.1) is 11.6 Å². The van der Waals surface area contributed by atoms with Gasteiger partial charge in [-0.2, -0.15) is 4.39 Å². The fourth-order valence-electron chi connectivity index (χ4n) is 1.12. The van der Waals surface area contributed by atoms with Gasteiger partial charge in [0.05, 0.1) is 4.92 Å². The third-order valence-corrected chi connectivity index (χ3v) is 2.08. The summed E-state index contributed by atoms with van der Waals surface area (Å²) < 4.78 is 13.1. The smallest absolute Gasteiger partial charge is 0.258 e. The monoisotopic (exact) mass is 217 g/mol. The molecule has 0 heterocycles. The standard InChI is InChI=1S/C9H9ClFNO2/c10-5-1-2-7-3-4-9(12(13)14)8(11)6-7/h3-4,6H,1-2,5H2. The number of rotatable bonds is 4. The van der Waals surface area contributed by atoms with Gasteiger partial charge in [0.15, 0.2) is 0 Å². The normalized spacial score (nSPS) is 10.1. The highest BCUT2D eigenvalue weighted by Crippen LogP contribution is 2.18. The van der Waals surface area contributed by atoms with Crippen molar-refractivity contribution in [2.45, 2.75) is 12.8 Å². The fraction of sp³-hybridized carbons (Fsp3) is 0.333. The average Bonchev–Trinajstić information content (AvgIpc) is 2.14. The molecule has 5 heteroatoms. The Morgan fingerprint density at radius 3 is 2.71 bits per heavy atom. The molecule has 0 N–H and O–H groups in total. The van der Waals surface area contributed by atoms with Crippen LogP contribution in [0.5, 0.6) is 0 Å². The van der Waals surface area contributed by atoms with Crippen LogP contribution >= 0.6 is 11.6 Å². The molecule has 1 rings (SSSR count). The van der Waals surface area contributed by atoms with Crippen molar-refractivity contribution in [3.8, 4) is 0 Å². The van der Waals surface area contributed by atoms with Crippen LogP contribution in [0.1, 0.15) is 12.0 Å². The first-order chi connectivity index (χ1) is 6.65. The minimum Gasteiger partial charge on any atom is -0.258 e. The maximum atomic E-state index is 13.1. The SMILES string of the molecule is O=[N+]([O-])c1ccc(CCCCl)cc1F. The quantitative estimate of drug-likeness (QED) is 0.442. The second-order valence-corrected chi connectivity index (χ2v) is 3.21. The van der Waals surface area contributed by atoms with Gasteiger partial charge in [0.1, 0.15) is 0 Å². The van der Waals surface area contributed by atoms with Crippen LogP contribution in [-0.2, 0) is 6.42 Å². The number of hydrogen-bond donors (Lipinski definition) is 0. The molecule has 3 nitrogen and oxygen atoms in total. The number of aryl methyl sites for hydroxylation is 1. The van der Waals surface area contributed by atoms with Gasteiger partial charge in [-0.25, -0.2) is 0 Å². The zero-order valence-corrected chi connectivity index (χ0v) is 8.13. The number of halogens is 2. The number of nitro benzene ring substituents is 1. The van der Waals surface area contributed by atoms with E-state index in [1.54, 1.807) is 6.07 Å². The van der Waals surface area contributed by atoms with E-state index in [4.69, 9.17) is 11.6 Å². The molecular weight excluding hydrogens is 209 g/mol. The van der Waals surface area contributed by atoms with E-state index in [9.17, 15) is 14.5 Å². The summed E-state index contributed by atoms with van der Waals surface area (Å²) in [7, 11) is 0. The molecule has 14 heavy (non-hydrogen) atoms. The van der Waals surface area contributed by atoms with Crippen LogP contribution in [-0.4, -0.2) is 10.8 Å². The van der Waals surface area contributed by atoms with Crippen molar-refractivity contribution in [3.05, 3.63) is 39.7 Å². The van der Waals surface area contributed by atoms with Crippen molar-refractivity contribution in [1.82, 2.24) is 0 Å². The van der Waals surface area contributed by atoms with Gasteiger partial charge in [0.2, 0.25) is 5.82 Å². The molecule has 0 amide bonds. The lowest BCUT2D eigenvalue weighted by Crippen LogP contribution is -1.94. The van der Waals surface area contributed by atoms with Gasteiger partial charge in [0.25, 0.3) is 0 Å². The highest BCUT2D eigenvalue weighted by molar-refractivity contribution is 6.17. The molecule has 0 bridgehead atoms. The van der Waals surface area contributed by atoms with E-state index < -0.39 is 16.4 Å². The van der Waals surface area contributed by atoms with E-state index in [0.717, 1.165) is 12.0 Å². The Hall–Kier alpha value is -1.16. The van der Waals surface area contributed by atoms with Gasteiger partial charge < -0.3 is 0 Å². The summed E-state index contributed by atoms with van der Waals surface area (Å²) in [4.78, 5) is 9.56. The summed E-state index contributed by atoms with van der Waals surface area (Å²) in [5.41, 5.74) is 0.244. The van der Waals surface area contributed by atoms with Gasteiger partial charge in [-0.05, 0) is 24.5 Å². The van der Waals surface area contributed by atoms with Crippen LogP contribution in [0.4, 0.5) is 10.1 Å². The molecule has 0 aliphatic rings. The van der Waals surface area contributed by atoms with Crippen molar-refractivity contribution in [2.24, 2.45) is 0 Å². The molecule has 0 saturated heterocycles. The number of nitrogens with zero attached hydrogens (tertiary/aromatic N) is 1. The second-order valence-electron chi connectivity index (χ2n) is 2.84. The summed E-state index contributed by atoms with van der Waals surface area (Å²) in [6.45, 7) is 0. The lowest BCUT2D eigenvalue weighted by molar-refractivity contribution is -0.387. The van der Waals surface area contributed by atoms with Gasteiger partial charge in [-0.1, -0.05) is 6.07 Å². The summed E-state index contributed by atoms with van der Waals surface area (Å²) in [5, 5.41) is 10.3. The van der Waals surface area contributed by atoms with Crippen molar-refractivity contribution in [1.29, 1.82) is 0 Å². The Balaban J connectivity index is 2.83. The van der Waals surface area contributed by atoms with Crippen LogP contribution in [0.2, 0.25) is 0 Å². The Kier molecular flexibility index (Phi) is 3.83. The molecule has 0 fully saturated rings. The lowest BCUT2D eigenvalue weighted by Gasteiger charge is -1.99. The largest absolute Gasteiger partial charge is 0.304 e. The summed E-state index contributed by atoms with van der Waals surface area (Å²) in [6.07, 6.45) is 1.37. The molecule has 1 aromatic rings. The first-order valence-electron chi connectivity index (χ1n) is 4.14. The molecule has 0 radical (unpaired) electrons. The maximum absolute atomic E-state index is 13.1.